The van der Waals surface area contributed by atoms with Crippen molar-refractivity contribution >= 4 is 11.9 Å². The minimum absolute atomic E-state index is 0.290. The van der Waals surface area contributed by atoms with E-state index in [0.717, 1.165) is 25.7 Å². The van der Waals surface area contributed by atoms with Crippen molar-refractivity contribution in [1.82, 2.24) is 0 Å². The van der Waals surface area contributed by atoms with E-state index in [1.807, 2.05) is 0 Å². The van der Waals surface area contributed by atoms with E-state index in [4.69, 9.17) is 10.2 Å². The molecule has 104 valence electrons. The molecule has 0 bridgehead atoms. The summed E-state index contributed by atoms with van der Waals surface area (Å²) in [5, 5.41) is 17.2. The van der Waals surface area contributed by atoms with Gasteiger partial charge in [-0.15, -0.1) is 0 Å². The number of carbonyl (C=O) groups is 2. The predicted molar refractivity (Wildman–Crippen MR) is 68.4 cm³/mol. The molecule has 1 rings (SSSR count). The van der Waals surface area contributed by atoms with E-state index in [9.17, 15) is 9.59 Å². The van der Waals surface area contributed by atoms with Gasteiger partial charge >= 0.3 is 11.9 Å². The molecule has 0 aromatic carbocycles. The molecule has 18 heavy (non-hydrogen) atoms. The Morgan fingerprint density at radius 2 is 1.11 bits per heavy atom. The van der Waals surface area contributed by atoms with Crippen LogP contribution in [-0.2, 0) is 9.59 Å². The lowest BCUT2D eigenvalue weighted by Gasteiger charge is -2.28. The molecule has 1 aliphatic carbocycles. The Balaban J connectivity index is 2.05. The molecule has 1 saturated carbocycles. The van der Waals surface area contributed by atoms with Crippen molar-refractivity contribution in [3.63, 3.8) is 0 Å². The fourth-order valence-corrected chi connectivity index (χ4v) is 2.89. The van der Waals surface area contributed by atoms with Crippen molar-refractivity contribution in [2.45, 2.75) is 64.2 Å². The van der Waals surface area contributed by atoms with E-state index in [1.165, 1.54) is 25.7 Å². The summed E-state index contributed by atoms with van der Waals surface area (Å²) in [6.45, 7) is 0. The largest absolute Gasteiger partial charge is 0.481 e. The Bertz CT molecular complexity index is 239. The minimum atomic E-state index is -0.697. The molecule has 0 unspecified atom stereocenters. The second-order valence-electron chi connectivity index (χ2n) is 5.46. The minimum Gasteiger partial charge on any atom is -0.481 e. The van der Waals surface area contributed by atoms with E-state index in [-0.39, 0.29) is 0 Å². The highest BCUT2D eigenvalue weighted by Crippen LogP contribution is 2.34. The lowest BCUT2D eigenvalue weighted by atomic mass is 9.78. The third-order valence-corrected chi connectivity index (χ3v) is 3.97. The quantitative estimate of drug-likeness (QED) is 0.698. The summed E-state index contributed by atoms with van der Waals surface area (Å²) in [4.78, 5) is 20.8. The number of hydrogen-bond acceptors (Lipinski definition) is 2. The lowest BCUT2D eigenvalue weighted by Crippen LogP contribution is -2.15. The van der Waals surface area contributed by atoms with Crippen molar-refractivity contribution in [1.29, 1.82) is 0 Å². The summed E-state index contributed by atoms with van der Waals surface area (Å²) in [6, 6.07) is 0. The molecule has 0 aromatic rings. The van der Waals surface area contributed by atoms with Crippen LogP contribution in [0.2, 0.25) is 0 Å². The van der Waals surface area contributed by atoms with Gasteiger partial charge in [-0.2, -0.15) is 0 Å². The molecule has 2 N–H and O–H groups in total. The summed E-state index contributed by atoms with van der Waals surface area (Å²) in [6.07, 6.45) is 9.01. The summed E-state index contributed by atoms with van der Waals surface area (Å²) >= 11 is 0. The predicted octanol–water partition coefficient (Wildman–Crippen LogP) is 3.30. The van der Waals surface area contributed by atoms with Gasteiger partial charge in [0.1, 0.15) is 0 Å². The van der Waals surface area contributed by atoms with Gasteiger partial charge in [-0.05, 0) is 37.5 Å². The van der Waals surface area contributed by atoms with Gasteiger partial charge in [-0.1, -0.05) is 25.7 Å². The Kier molecular flexibility index (Phi) is 6.76. The number of hydrogen-bond donors (Lipinski definition) is 2. The summed E-state index contributed by atoms with van der Waals surface area (Å²) in [5.41, 5.74) is 0. The smallest absolute Gasteiger partial charge is 0.303 e. The van der Waals surface area contributed by atoms with Crippen LogP contribution < -0.4 is 0 Å². The molecular weight excluding hydrogens is 232 g/mol. The molecule has 0 radical (unpaired) electrons. The third-order valence-electron chi connectivity index (χ3n) is 3.97. The van der Waals surface area contributed by atoms with Crippen molar-refractivity contribution < 1.29 is 19.8 Å². The normalized spacial score (nSPS) is 23.8. The highest BCUT2D eigenvalue weighted by atomic mass is 16.4. The van der Waals surface area contributed by atoms with Gasteiger partial charge in [0.05, 0.1) is 0 Å². The maximum Gasteiger partial charge on any atom is 0.303 e. The molecule has 4 nitrogen and oxygen atoms in total. The zero-order chi connectivity index (χ0) is 13.4. The SMILES string of the molecule is O=C(O)CCCC1CCC(CCCC(=O)O)CC1. The van der Waals surface area contributed by atoms with Gasteiger partial charge < -0.3 is 10.2 Å². The van der Waals surface area contributed by atoms with E-state index in [0.29, 0.717) is 24.7 Å². The molecule has 1 aliphatic rings. The Labute approximate surface area is 108 Å². The van der Waals surface area contributed by atoms with E-state index < -0.39 is 11.9 Å². The Morgan fingerprint density at radius 3 is 1.39 bits per heavy atom. The van der Waals surface area contributed by atoms with Gasteiger partial charge in [0, 0.05) is 12.8 Å². The average Bonchev–Trinajstić information content (AvgIpc) is 2.30. The molecule has 1 fully saturated rings. The van der Waals surface area contributed by atoms with Crippen LogP contribution in [0, 0.1) is 11.8 Å². The van der Waals surface area contributed by atoms with E-state index >= 15 is 0 Å². The van der Waals surface area contributed by atoms with Crippen LogP contribution in [0.1, 0.15) is 64.2 Å². The molecule has 4 heteroatoms. The Morgan fingerprint density at radius 1 is 0.778 bits per heavy atom. The van der Waals surface area contributed by atoms with Crippen molar-refractivity contribution in [2.24, 2.45) is 11.8 Å². The van der Waals surface area contributed by atoms with E-state index in [2.05, 4.69) is 0 Å². The monoisotopic (exact) mass is 256 g/mol. The van der Waals surface area contributed by atoms with E-state index in [1.54, 1.807) is 0 Å². The Hall–Kier alpha value is -1.06. The number of rotatable bonds is 8. The summed E-state index contributed by atoms with van der Waals surface area (Å²) in [5.74, 6) is -0.00476. The third kappa shape index (κ3) is 6.62. The molecule has 0 aliphatic heterocycles. The first-order chi connectivity index (χ1) is 8.58. The van der Waals surface area contributed by atoms with Gasteiger partial charge in [-0.25, -0.2) is 0 Å². The summed E-state index contributed by atoms with van der Waals surface area (Å²) in [7, 11) is 0. The van der Waals surface area contributed by atoms with Gasteiger partial charge in [0.2, 0.25) is 0 Å². The first-order valence-corrected chi connectivity index (χ1v) is 7.01. The number of aliphatic carboxylic acids is 2. The first kappa shape index (κ1) is 15.0. The first-order valence-electron chi connectivity index (χ1n) is 7.01. The zero-order valence-electron chi connectivity index (χ0n) is 10.9. The molecular formula is C14H24O4. The average molecular weight is 256 g/mol. The van der Waals surface area contributed by atoms with Crippen LogP contribution in [-0.4, -0.2) is 22.2 Å². The highest BCUT2D eigenvalue weighted by Gasteiger charge is 2.20. The molecule has 0 atom stereocenters. The molecule has 0 amide bonds. The van der Waals surface area contributed by atoms with Gasteiger partial charge in [-0.3, -0.25) is 9.59 Å². The number of carboxylic acid groups (broad SMARTS) is 2. The topological polar surface area (TPSA) is 74.6 Å². The van der Waals surface area contributed by atoms with Crippen LogP contribution in [0.4, 0.5) is 0 Å². The fourth-order valence-electron chi connectivity index (χ4n) is 2.89. The second-order valence-corrected chi connectivity index (χ2v) is 5.46. The second kappa shape index (κ2) is 8.11. The van der Waals surface area contributed by atoms with Gasteiger partial charge in [0.15, 0.2) is 0 Å². The zero-order valence-corrected chi connectivity index (χ0v) is 10.9. The van der Waals surface area contributed by atoms with Crippen LogP contribution in [0.15, 0.2) is 0 Å². The maximum absolute atomic E-state index is 10.4. The molecule has 0 saturated heterocycles. The van der Waals surface area contributed by atoms with Crippen LogP contribution in [0.25, 0.3) is 0 Å². The molecule has 0 aromatic heterocycles. The number of carboxylic acids is 2. The van der Waals surface area contributed by atoms with Crippen LogP contribution in [0.3, 0.4) is 0 Å². The van der Waals surface area contributed by atoms with Crippen molar-refractivity contribution in [3.8, 4) is 0 Å². The fraction of sp³-hybridized carbons (Fsp3) is 0.857. The van der Waals surface area contributed by atoms with Crippen molar-refractivity contribution in [2.75, 3.05) is 0 Å². The van der Waals surface area contributed by atoms with Gasteiger partial charge in [0.25, 0.3) is 0 Å². The maximum atomic E-state index is 10.4. The molecule has 0 heterocycles. The standard InChI is InChI=1S/C14H24O4/c15-13(16)5-1-3-11-7-9-12(10-8-11)4-2-6-14(17)18/h11-12H,1-10H2,(H,15,16)(H,17,18). The molecule has 0 spiro atoms. The highest BCUT2D eigenvalue weighted by molar-refractivity contribution is 5.66. The van der Waals surface area contributed by atoms with Crippen LogP contribution in [0.5, 0.6) is 0 Å². The lowest BCUT2D eigenvalue weighted by molar-refractivity contribution is -0.138. The summed E-state index contributed by atoms with van der Waals surface area (Å²) < 4.78 is 0. The van der Waals surface area contributed by atoms with Crippen LogP contribution >= 0.6 is 0 Å². The van der Waals surface area contributed by atoms with Crippen molar-refractivity contribution in [3.05, 3.63) is 0 Å².